The van der Waals surface area contributed by atoms with E-state index in [1.54, 1.807) is 0 Å². The fraction of sp³-hybridized carbons (Fsp3) is 0.902. The summed E-state index contributed by atoms with van der Waals surface area (Å²) in [6.07, 6.45) is 63.5. The minimum atomic E-state index is -0.0783. The van der Waals surface area contributed by atoms with Gasteiger partial charge in [0.1, 0.15) is 25.4 Å². The molecule has 0 aliphatic carbocycles. The molecule has 94 heavy (non-hydrogen) atoms. The molecule has 0 saturated carbocycles. The fourth-order valence-electron chi connectivity index (χ4n) is 12.9. The standard InChI is InChI=1S/C82H158N4O8/c1-11-16-20-21-22-23-24-39-51-73-91-79(87)61-43-31-25-35-47-65-85(71-69-83(7)8)66-48-36-26-32-44-62-80(88)92-74-52-40-29-30-42-56-76(54-15-5)75(6)55-53-60-78(58-19-14-4)94-82(90)64-46-34-28-38-50-68-86(72-70-84(9)10)67-49-37-27-33-45-63-81(89)93-77(57-18-13-3)59-41-17-12-2/h39-40,51-52,75-78H,11-38,41-50,53-74H2,1-10H3/b51-39+,52-40+. The number of unbranched alkanes of at least 4 members (excludes halogenated alkanes) is 28. The maximum Gasteiger partial charge on any atom is 0.306 e. The summed E-state index contributed by atoms with van der Waals surface area (Å²) in [6.45, 7) is 23.4. The third-order valence-corrected chi connectivity index (χ3v) is 19.2. The van der Waals surface area contributed by atoms with Crippen LogP contribution in [0.5, 0.6) is 0 Å². The van der Waals surface area contributed by atoms with Crippen molar-refractivity contribution in [2.75, 3.05) is 93.8 Å². The van der Waals surface area contributed by atoms with Crippen molar-refractivity contribution in [1.29, 1.82) is 0 Å². The Hall–Kier alpha value is -2.80. The van der Waals surface area contributed by atoms with Gasteiger partial charge in [-0.05, 0) is 182 Å². The summed E-state index contributed by atoms with van der Waals surface area (Å²) in [4.78, 5) is 60.2. The molecule has 0 aromatic rings. The van der Waals surface area contributed by atoms with Crippen molar-refractivity contribution < 1.29 is 38.1 Å². The number of carbonyl (C=O) groups excluding carboxylic acids is 4. The topological polar surface area (TPSA) is 118 Å². The molecule has 0 fully saturated rings. The molecule has 0 aliphatic heterocycles. The van der Waals surface area contributed by atoms with E-state index in [-0.39, 0.29) is 36.1 Å². The molecule has 0 aromatic heterocycles. The quantitative estimate of drug-likeness (QED) is 0.0250. The minimum absolute atomic E-state index is 0.00115. The second-order valence-corrected chi connectivity index (χ2v) is 29.0. The van der Waals surface area contributed by atoms with Crippen LogP contribution < -0.4 is 0 Å². The monoisotopic (exact) mass is 1330 g/mol. The molecule has 12 heteroatoms. The Bertz CT molecular complexity index is 1730. The lowest BCUT2D eigenvalue weighted by Crippen LogP contribution is -2.33. The van der Waals surface area contributed by atoms with Crippen LogP contribution in [0.25, 0.3) is 0 Å². The smallest absolute Gasteiger partial charge is 0.306 e. The lowest BCUT2D eigenvalue weighted by atomic mass is 9.82. The summed E-state index contributed by atoms with van der Waals surface area (Å²) in [7, 11) is 8.63. The molecule has 0 rings (SSSR count). The van der Waals surface area contributed by atoms with Gasteiger partial charge in [0, 0.05) is 51.9 Å². The van der Waals surface area contributed by atoms with E-state index < -0.39 is 0 Å². The van der Waals surface area contributed by atoms with Crippen LogP contribution in [-0.4, -0.2) is 149 Å². The molecule has 12 nitrogen and oxygen atoms in total. The highest BCUT2D eigenvalue weighted by atomic mass is 16.6. The zero-order valence-electron chi connectivity index (χ0n) is 64.1. The van der Waals surface area contributed by atoms with Crippen molar-refractivity contribution in [1.82, 2.24) is 19.6 Å². The highest BCUT2D eigenvalue weighted by Crippen LogP contribution is 2.29. The van der Waals surface area contributed by atoms with E-state index in [0.717, 1.165) is 200 Å². The van der Waals surface area contributed by atoms with Gasteiger partial charge in [0.25, 0.3) is 0 Å². The Morgan fingerprint density at radius 1 is 0.298 bits per heavy atom. The van der Waals surface area contributed by atoms with Crippen molar-refractivity contribution in [3.63, 3.8) is 0 Å². The average molecular weight is 1330 g/mol. The number of likely N-dealkylation sites (N-methyl/N-ethyl adjacent to an activating group) is 2. The highest BCUT2D eigenvalue weighted by molar-refractivity contribution is 5.70. The van der Waals surface area contributed by atoms with Crippen LogP contribution in [0, 0.1) is 11.8 Å². The summed E-state index contributed by atoms with van der Waals surface area (Å²) < 4.78 is 23.0. The third-order valence-electron chi connectivity index (χ3n) is 19.2. The Labute approximate surface area is 583 Å². The van der Waals surface area contributed by atoms with E-state index in [0.29, 0.717) is 44.8 Å². The van der Waals surface area contributed by atoms with Crippen LogP contribution in [-0.2, 0) is 38.1 Å². The van der Waals surface area contributed by atoms with E-state index in [1.165, 1.54) is 154 Å². The second kappa shape index (κ2) is 70.1. The zero-order chi connectivity index (χ0) is 69.0. The molecule has 0 aromatic carbocycles. The number of carbonyl (C=O) groups is 4. The number of hydrogen-bond donors (Lipinski definition) is 0. The van der Waals surface area contributed by atoms with Gasteiger partial charge in [-0.2, -0.15) is 0 Å². The first kappa shape index (κ1) is 91.2. The number of rotatable bonds is 73. The summed E-state index contributed by atoms with van der Waals surface area (Å²) in [5.74, 6) is 1.26. The SMILES string of the molecule is CCCCCCCC/C=C/COC(=O)CCCCCCCN(CCCCCCCC(=O)OC/C=C/CCCCC(CCC)C(C)CCCC(CCCC)OC(=O)CCCCCCCN(CCCCCCCC(=O)OC(CCCC)CCCCC)CCN(C)C)CCN(C)C. The third kappa shape index (κ3) is 63.9. The van der Waals surface area contributed by atoms with E-state index in [1.807, 2.05) is 12.2 Å². The van der Waals surface area contributed by atoms with Gasteiger partial charge in [-0.25, -0.2) is 0 Å². The molecule has 0 spiro atoms. The molecular formula is C82H158N4O8. The molecule has 4 atom stereocenters. The largest absolute Gasteiger partial charge is 0.462 e. The second-order valence-electron chi connectivity index (χ2n) is 29.0. The molecule has 0 heterocycles. The lowest BCUT2D eigenvalue weighted by molar-refractivity contribution is -0.151. The van der Waals surface area contributed by atoms with Gasteiger partial charge in [0.05, 0.1) is 0 Å². The number of nitrogens with zero attached hydrogens (tertiary/aromatic N) is 4. The molecule has 4 unspecified atom stereocenters. The van der Waals surface area contributed by atoms with Crippen molar-refractivity contribution in [3.05, 3.63) is 24.3 Å². The van der Waals surface area contributed by atoms with Gasteiger partial charge in [-0.1, -0.05) is 246 Å². The Kier molecular flexibility index (Phi) is 68.0. The molecule has 0 saturated heterocycles. The van der Waals surface area contributed by atoms with Gasteiger partial charge in [-0.3, -0.25) is 19.2 Å². The zero-order valence-corrected chi connectivity index (χ0v) is 64.1. The predicted octanol–water partition coefficient (Wildman–Crippen LogP) is 21.6. The van der Waals surface area contributed by atoms with E-state index in [9.17, 15) is 19.2 Å². The summed E-state index contributed by atoms with van der Waals surface area (Å²) in [6, 6.07) is 0. The normalized spacial score (nSPS) is 13.3. The average Bonchev–Trinajstić information content (AvgIpc) is 3.04. The molecule has 0 aliphatic rings. The van der Waals surface area contributed by atoms with E-state index in [2.05, 4.69) is 101 Å². The predicted molar refractivity (Wildman–Crippen MR) is 402 cm³/mol. The Balaban J connectivity index is 4.32. The van der Waals surface area contributed by atoms with Crippen molar-refractivity contribution in [2.24, 2.45) is 11.8 Å². The van der Waals surface area contributed by atoms with Gasteiger partial charge >= 0.3 is 23.9 Å². The van der Waals surface area contributed by atoms with Crippen LogP contribution in [0.4, 0.5) is 0 Å². The van der Waals surface area contributed by atoms with Gasteiger partial charge in [0.2, 0.25) is 0 Å². The highest BCUT2D eigenvalue weighted by Gasteiger charge is 2.20. The summed E-state index contributed by atoms with van der Waals surface area (Å²) in [5, 5.41) is 0. The first-order valence-corrected chi connectivity index (χ1v) is 40.5. The lowest BCUT2D eigenvalue weighted by Gasteiger charge is -2.25. The van der Waals surface area contributed by atoms with Crippen LogP contribution in [0.2, 0.25) is 0 Å². The Morgan fingerprint density at radius 2 is 0.628 bits per heavy atom. The van der Waals surface area contributed by atoms with Crippen molar-refractivity contribution in [3.8, 4) is 0 Å². The molecule has 0 N–H and O–H groups in total. The maximum atomic E-state index is 13.1. The van der Waals surface area contributed by atoms with Crippen LogP contribution in [0.1, 0.15) is 363 Å². The van der Waals surface area contributed by atoms with Gasteiger partial charge < -0.3 is 38.5 Å². The first-order valence-electron chi connectivity index (χ1n) is 40.5. The molecule has 0 amide bonds. The fourth-order valence-corrected chi connectivity index (χ4v) is 12.9. The Morgan fingerprint density at radius 3 is 1.03 bits per heavy atom. The first-order chi connectivity index (χ1) is 45.8. The van der Waals surface area contributed by atoms with Crippen LogP contribution >= 0.6 is 0 Å². The number of ether oxygens (including phenoxy) is 4. The van der Waals surface area contributed by atoms with E-state index in [4.69, 9.17) is 18.9 Å². The van der Waals surface area contributed by atoms with Crippen molar-refractivity contribution in [2.45, 2.75) is 375 Å². The summed E-state index contributed by atoms with van der Waals surface area (Å²) >= 11 is 0. The maximum absolute atomic E-state index is 13.1. The number of esters is 4. The molecule has 554 valence electrons. The molecular weight excluding hydrogens is 1170 g/mol. The van der Waals surface area contributed by atoms with Crippen LogP contribution in [0.3, 0.4) is 0 Å². The number of allylic oxidation sites excluding steroid dienone is 2. The van der Waals surface area contributed by atoms with Crippen LogP contribution in [0.15, 0.2) is 24.3 Å². The van der Waals surface area contributed by atoms with Crippen molar-refractivity contribution >= 4 is 23.9 Å². The number of hydrogen-bond acceptors (Lipinski definition) is 12. The minimum Gasteiger partial charge on any atom is -0.462 e. The molecule has 0 radical (unpaired) electrons. The molecule has 0 bridgehead atoms. The van der Waals surface area contributed by atoms with E-state index >= 15 is 0 Å². The van der Waals surface area contributed by atoms with Gasteiger partial charge in [-0.15, -0.1) is 0 Å². The summed E-state index contributed by atoms with van der Waals surface area (Å²) in [5.41, 5.74) is 0. The van der Waals surface area contributed by atoms with Gasteiger partial charge in [0.15, 0.2) is 0 Å².